The van der Waals surface area contributed by atoms with Crippen molar-refractivity contribution in [1.82, 2.24) is 9.97 Å². The van der Waals surface area contributed by atoms with Crippen LogP contribution < -0.4 is 5.32 Å². The molecule has 0 aliphatic carbocycles. The van der Waals surface area contributed by atoms with Crippen LogP contribution in [-0.2, 0) is 6.18 Å². The predicted octanol–water partition coefficient (Wildman–Crippen LogP) is 4.34. The van der Waals surface area contributed by atoms with E-state index in [1.165, 1.54) is 6.20 Å². The summed E-state index contributed by atoms with van der Waals surface area (Å²) in [5.74, 6) is -0.440. The Morgan fingerprint density at radius 1 is 1.24 bits per heavy atom. The number of alkyl halides is 3. The van der Waals surface area contributed by atoms with Gasteiger partial charge in [0.15, 0.2) is 5.82 Å². The maximum atomic E-state index is 13.4. The van der Waals surface area contributed by atoms with Gasteiger partial charge in [-0.05, 0) is 47.7 Å². The molecule has 0 unspecified atom stereocenters. The van der Waals surface area contributed by atoms with Crippen molar-refractivity contribution in [3.8, 4) is 11.4 Å². The topological polar surface area (TPSA) is 37.8 Å². The highest BCUT2D eigenvalue weighted by atomic mass is 127. The molecule has 0 amide bonds. The fraction of sp³-hybridized carbons (Fsp3) is 0.231. The Kier molecular flexibility index (Phi) is 4.64. The lowest BCUT2D eigenvalue weighted by Crippen LogP contribution is -2.07. The van der Waals surface area contributed by atoms with Gasteiger partial charge in [-0.3, -0.25) is 0 Å². The Labute approximate surface area is 131 Å². The first-order chi connectivity index (χ1) is 9.81. The fourth-order valence-electron chi connectivity index (χ4n) is 1.68. The number of anilines is 1. The van der Waals surface area contributed by atoms with E-state index in [0.29, 0.717) is 18.4 Å². The zero-order chi connectivity index (χ0) is 15.6. The lowest BCUT2D eigenvalue weighted by molar-refractivity contribution is -0.137. The third kappa shape index (κ3) is 3.80. The van der Waals surface area contributed by atoms with Gasteiger partial charge >= 0.3 is 6.18 Å². The highest BCUT2D eigenvalue weighted by Crippen LogP contribution is 2.32. The third-order valence-electron chi connectivity index (χ3n) is 2.57. The highest BCUT2D eigenvalue weighted by Gasteiger charge is 2.31. The van der Waals surface area contributed by atoms with Gasteiger partial charge in [0.1, 0.15) is 11.6 Å². The fourth-order valence-corrected chi connectivity index (χ4v) is 2.13. The monoisotopic (exact) mass is 411 g/mol. The van der Waals surface area contributed by atoms with Crippen LogP contribution in [0.3, 0.4) is 0 Å². The average Bonchev–Trinajstić information content (AvgIpc) is 2.40. The summed E-state index contributed by atoms with van der Waals surface area (Å²) in [6, 6.07) is 2.26. The van der Waals surface area contributed by atoms with Crippen LogP contribution >= 0.6 is 22.6 Å². The summed E-state index contributed by atoms with van der Waals surface area (Å²) in [6.07, 6.45) is -3.15. The van der Waals surface area contributed by atoms with E-state index in [4.69, 9.17) is 0 Å². The van der Waals surface area contributed by atoms with Crippen molar-refractivity contribution in [2.75, 3.05) is 11.9 Å². The number of nitrogens with one attached hydrogen (secondary N) is 1. The van der Waals surface area contributed by atoms with Crippen LogP contribution in [0.2, 0.25) is 0 Å². The molecule has 0 atom stereocenters. The molecular formula is C13H10F4IN3. The largest absolute Gasteiger partial charge is 0.416 e. The van der Waals surface area contributed by atoms with E-state index in [1.807, 2.05) is 29.5 Å². The van der Waals surface area contributed by atoms with Gasteiger partial charge in [0.05, 0.1) is 9.13 Å². The second-order valence-electron chi connectivity index (χ2n) is 4.15. The molecule has 0 saturated heterocycles. The maximum absolute atomic E-state index is 13.4. The number of halogens is 5. The average molecular weight is 411 g/mol. The van der Waals surface area contributed by atoms with Gasteiger partial charge in [0, 0.05) is 18.3 Å². The number of benzene rings is 1. The lowest BCUT2D eigenvalue weighted by Gasteiger charge is -2.10. The number of rotatable bonds is 3. The van der Waals surface area contributed by atoms with Crippen molar-refractivity contribution < 1.29 is 17.6 Å². The van der Waals surface area contributed by atoms with Gasteiger partial charge in [-0.25, -0.2) is 14.4 Å². The van der Waals surface area contributed by atoms with E-state index in [1.54, 1.807) is 0 Å². The molecule has 8 heteroatoms. The molecule has 0 radical (unpaired) electrons. The molecule has 0 saturated carbocycles. The van der Waals surface area contributed by atoms with Crippen molar-refractivity contribution in [3.63, 3.8) is 0 Å². The summed E-state index contributed by atoms with van der Waals surface area (Å²) in [5, 5.41) is 2.97. The highest BCUT2D eigenvalue weighted by molar-refractivity contribution is 14.1. The molecule has 1 aromatic heterocycles. The molecule has 0 spiro atoms. The molecule has 2 aromatic rings. The summed E-state index contributed by atoms with van der Waals surface area (Å²) in [5.41, 5.74) is -1.08. The summed E-state index contributed by atoms with van der Waals surface area (Å²) in [4.78, 5) is 8.10. The molecule has 21 heavy (non-hydrogen) atoms. The minimum absolute atomic E-state index is 0.0159. The summed E-state index contributed by atoms with van der Waals surface area (Å²) >= 11 is 2.00. The van der Waals surface area contributed by atoms with Gasteiger partial charge in [0.25, 0.3) is 0 Å². The molecule has 0 aliphatic heterocycles. The van der Waals surface area contributed by atoms with Gasteiger partial charge < -0.3 is 5.32 Å². The molecule has 112 valence electrons. The summed E-state index contributed by atoms with van der Waals surface area (Å²) < 4.78 is 52.2. The minimum Gasteiger partial charge on any atom is -0.369 e. The zero-order valence-electron chi connectivity index (χ0n) is 10.8. The Morgan fingerprint density at radius 2 is 1.95 bits per heavy atom. The second-order valence-corrected chi connectivity index (χ2v) is 5.31. The number of aromatic nitrogens is 2. The Morgan fingerprint density at radius 3 is 2.57 bits per heavy atom. The van der Waals surface area contributed by atoms with Crippen LogP contribution in [-0.4, -0.2) is 16.5 Å². The summed E-state index contributed by atoms with van der Waals surface area (Å²) in [7, 11) is 0. The van der Waals surface area contributed by atoms with Crippen LogP contribution in [0, 0.1) is 9.39 Å². The van der Waals surface area contributed by atoms with Crippen molar-refractivity contribution in [3.05, 3.63) is 39.3 Å². The lowest BCUT2D eigenvalue weighted by atomic mass is 10.1. The van der Waals surface area contributed by atoms with Crippen LogP contribution in [0.25, 0.3) is 11.4 Å². The molecule has 1 heterocycles. The van der Waals surface area contributed by atoms with E-state index >= 15 is 0 Å². The second kappa shape index (κ2) is 6.12. The molecule has 0 fully saturated rings. The van der Waals surface area contributed by atoms with E-state index < -0.39 is 17.6 Å². The minimum atomic E-state index is -4.62. The molecule has 1 N–H and O–H groups in total. The first-order valence-electron chi connectivity index (χ1n) is 5.96. The normalized spacial score (nSPS) is 11.5. The van der Waals surface area contributed by atoms with Crippen LogP contribution in [0.4, 0.5) is 23.4 Å². The third-order valence-corrected chi connectivity index (χ3v) is 3.36. The van der Waals surface area contributed by atoms with Crippen LogP contribution in [0.5, 0.6) is 0 Å². The van der Waals surface area contributed by atoms with E-state index in [9.17, 15) is 17.6 Å². The zero-order valence-corrected chi connectivity index (χ0v) is 13.0. The van der Waals surface area contributed by atoms with Gasteiger partial charge in [-0.2, -0.15) is 13.2 Å². The maximum Gasteiger partial charge on any atom is 0.416 e. The molecule has 0 aliphatic rings. The molecule has 0 bridgehead atoms. The van der Waals surface area contributed by atoms with Gasteiger partial charge in [-0.15, -0.1) is 0 Å². The number of hydrogen-bond donors (Lipinski definition) is 1. The predicted molar refractivity (Wildman–Crippen MR) is 79.3 cm³/mol. The first-order valence-corrected chi connectivity index (χ1v) is 7.03. The van der Waals surface area contributed by atoms with Crippen molar-refractivity contribution >= 4 is 28.4 Å². The molecular weight excluding hydrogens is 401 g/mol. The van der Waals surface area contributed by atoms with Crippen molar-refractivity contribution in [2.24, 2.45) is 0 Å². The Hall–Kier alpha value is -1.45. The molecule has 1 aromatic carbocycles. The van der Waals surface area contributed by atoms with E-state index in [2.05, 4.69) is 15.3 Å². The number of hydrogen-bond acceptors (Lipinski definition) is 3. The Balaban J connectivity index is 2.51. The van der Waals surface area contributed by atoms with E-state index in [0.717, 1.165) is 15.7 Å². The number of nitrogens with zero attached hydrogens (tertiary/aromatic N) is 2. The van der Waals surface area contributed by atoms with Crippen LogP contribution in [0.15, 0.2) is 24.4 Å². The van der Waals surface area contributed by atoms with Gasteiger partial charge in [0.2, 0.25) is 0 Å². The van der Waals surface area contributed by atoms with E-state index in [-0.39, 0.29) is 11.4 Å². The smallest absolute Gasteiger partial charge is 0.369 e. The quantitative estimate of drug-likeness (QED) is 0.604. The Bertz CT molecular complexity index is 658. The van der Waals surface area contributed by atoms with Crippen LogP contribution in [0.1, 0.15) is 12.5 Å². The van der Waals surface area contributed by atoms with Crippen molar-refractivity contribution in [1.29, 1.82) is 0 Å². The SMILES string of the molecule is CCNc1nc(-c2cc(F)cc(C(F)(F)F)c2)ncc1I. The molecule has 3 nitrogen and oxygen atoms in total. The van der Waals surface area contributed by atoms with Crippen molar-refractivity contribution in [2.45, 2.75) is 13.1 Å². The summed E-state index contributed by atoms with van der Waals surface area (Å²) in [6.45, 7) is 2.46. The molecule has 2 rings (SSSR count). The standard InChI is InChI=1S/C13H10F4IN3/c1-2-19-12-10(18)6-20-11(21-12)7-3-8(13(15,16)17)5-9(14)4-7/h3-6H,2H2,1H3,(H,19,20,21). The van der Waals surface area contributed by atoms with Gasteiger partial charge in [-0.1, -0.05) is 0 Å². The first kappa shape index (κ1) is 15.9.